The van der Waals surface area contributed by atoms with Crippen molar-refractivity contribution >= 4 is 41.2 Å². The molecule has 3 aromatic rings. The van der Waals surface area contributed by atoms with E-state index in [9.17, 15) is 14.7 Å². The van der Waals surface area contributed by atoms with Gasteiger partial charge in [0.15, 0.2) is 23.1 Å². The molecule has 0 saturated carbocycles. The highest BCUT2D eigenvalue weighted by Crippen LogP contribution is 2.27. The smallest absolute Gasteiger partial charge is 0.189 e. The van der Waals surface area contributed by atoms with Gasteiger partial charge in [-0.3, -0.25) is 9.59 Å². The molecule has 190 valence electrons. The molecule has 0 unspecified atom stereocenters. The fraction of sp³-hybridized carbons (Fsp3) is 0.161. The van der Waals surface area contributed by atoms with Crippen LogP contribution in [0.4, 0.5) is 11.4 Å². The maximum atomic E-state index is 13.2. The van der Waals surface area contributed by atoms with Gasteiger partial charge in [0.1, 0.15) is 0 Å². The number of allylic oxidation sites excluding steroid dienone is 3. The van der Waals surface area contributed by atoms with Crippen molar-refractivity contribution in [2.75, 3.05) is 45.1 Å². The molecule has 0 aliphatic rings. The largest absolute Gasteiger partial charge is 0.504 e. The minimum atomic E-state index is -0.429. The number of hydrogen-bond acceptors (Lipinski definition) is 6. The number of nitrogens with zero attached hydrogens (tertiary/aromatic N) is 2. The lowest BCUT2D eigenvalue weighted by Gasteiger charge is -2.11. The lowest BCUT2D eigenvalue weighted by molar-refractivity contribution is -0.116. The lowest BCUT2D eigenvalue weighted by atomic mass is 10.0. The number of aromatic hydroxyl groups is 1. The van der Waals surface area contributed by atoms with E-state index < -0.39 is 11.6 Å². The predicted octanol–water partition coefficient (Wildman–Crippen LogP) is 5.48. The number of ketones is 2. The van der Waals surface area contributed by atoms with Crippen LogP contribution in [0.1, 0.15) is 16.7 Å². The van der Waals surface area contributed by atoms with Gasteiger partial charge in [0.2, 0.25) is 0 Å². The van der Waals surface area contributed by atoms with E-state index in [4.69, 9.17) is 4.74 Å². The minimum Gasteiger partial charge on any atom is -0.504 e. The third kappa shape index (κ3) is 7.45. The molecule has 0 aliphatic heterocycles. The molecule has 0 bridgehead atoms. The Kier molecular flexibility index (Phi) is 9.05. The van der Waals surface area contributed by atoms with E-state index in [0.717, 1.165) is 22.5 Å². The molecule has 3 rings (SSSR count). The average Bonchev–Trinajstić information content (AvgIpc) is 2.90. The number of hydrogen-bond donors (Lipinski definition) is 1. The topological polar surface area (TPSA) is 70.1 Å². The van der Waals surface area contributed by atoms with Crippen LogP contribution in [0.5, 0.6) is 11.5 Å². The highest BCUT2D eigenvalue weighted by atomic mass is 16.5. The highest BCUT2D eigenvalue weighted by Gasteiger charge is 2.15. The Balaban J connectivity index is 1.91. The number of methoxy groups -OCH3 is 1. The Morgan fingerprint density at radius 3 is 1.54 bits per heavy atom. The second kappa shape index (κ2) is 12.4. The predicted molar refractivity (Wildman–Crippen MR) is 152 cm³/mol. The van der Waals surface area contributed by atoms with Gasteiger partial charge in [-0.2, -0.15) is 0 Å². The number of benzene rings is 3. The van der Waals surface area contributed by atoms with Gasteiger partial charge in [0.25, 0.3) is 0 Å². The van der Waals surface area contributed by atoms with Crippen molar-refractivity contribution in [3.63, 3.8) is 0 Å². The standard InChI is InChI=1S/C31H32N2O4/c1-32(2)25-13-6-22(7-14-25)10-17-28(34)27(20-24-12-19-30(36)31(21-24)37-5)29(35)18-11-23-8-15-26(16-9-23)33(3)4/h6-21,36H,1-5H3/b17-10+,18-11+. The number of phenolic OH excluding ortho intramolecular Hbond substituents is 1. The molecule has 0 spiro atoms. The van der Waals surface area contributed by atoms with Gasteiger partial charge >= 0.3 is 0 Å². The number of anilines is 2. The lowest BCUT2D eigenvalue weighted by Crippen LogP contribution is -2.09. The molecule has 6 nitrogen and oxygen atoms in total. The first-order valence-corrected chi connectivity index (χ1v) is 11.8. The van der Waals surface area contributed by atoms with E-state index in [1.54, 1.807) is 24.3 Å². The van der Waals surface area contributed by atoms with Crippen molar-refractivity contribution < 1.29 is 19.4 Å². The van der Waals surface area contributed by atoms with Crippen molar-refractivity contribution in [1.82, 2.24) is 0 Å². The number of carbonyl (C=O) groups is 2. The first kappa shape index (κ1) is 27.0. The van der Waals surface area contributed by atoms with Crippen LogP contribution in [-0.2, 0) is 9.59 Å². The molecule has 0 saturated heterocycles. The fourth-order valence-electron chi connectivity index (χ4n) is 3.50. The Morgan fingerprint density at radius 1 is 0.703 bits per heavy atom. The Morgan fingerprint density at radius 2 is 1.14 bits per heavy atom. The first-order valence-electron chi connectivity index (χ1n) is 11.8. The molecule has 1 N–H and O–H groups in total. The van der Waals surface area contributed by atoms with E-state index in [1.807, 2.05) is 86.5 Å². The molecular formula is C31H32N2O4. The summed E-state index contributed by atoms with van der Waals surface area (Å²) >= 11 is 0. The summed E-state index contributed by atoms with van der Waals surface area (Å²) in [6, 6.07) is 20.1. The van der Waals surface area contributed by atoms with Crippen molar-refractivity contribution in [3.8, 4) is 11.5 Å². The van der Waals surface area contributed by atoms with E-state index in [2.05, 4.69) is 0 Å². The van der Waals surface area contributed by atoms with Gasteiger partial charge in [0, 0.05) is 39.6 Å². The van der Waals surface area contributed by atoms with Crippen molar-refractivity contribution in [2.45, 2.75) is 0 Å². The second-order valence-corrected chi connectivity index (χ2v) is 8.86. The van der Waals surface area contributed by atoms with E-state index in [-0.39, 0.29) is 17.1 Å². The van der Waals surface area contributed by atoms with Crippen LogP contribution in [0.25, 0.3) is 18.2 Å². The number of rotatable bonds is 10. The third-order valence-corrected chi connectivity index (χ3v) is 5.72. The van der Waals surface area contributed by atoms with E-state index >= 15 is 0 Å². The Bertz CT molecular complexity index is 1260. The summed E-state index contributed by atoms with van der Waals surface area (Å²) in [5, 5.41) is 9.91. The van der Waals surface area contributed by atoms with Crippen LogP contribution in [0.15, 0.2) is 84.5 Å². The molecular weight excluding hydrogens is 464 g/mol. The highest BCUT2D eigenvalue weighted by molar-refractivity contribution is 6.31. The quantitative estimate of drug-likeness (QED) is 0.228. The van der Waals surface area contributed by atoms with Gasteiger partial charge in [-0.15, -0.1) is 0 Å². The summed E-state index contributed by atoms with van der Waals surface area (Å²) in [4.78, 5) is 30.4. The molecule has 0 radical (unpaired) electrons. The summed E-state index contributed by atoms with van der Waals surface area (Å²) in [5.74, 6) is -0.635. The molecule has 0 aromatic heterocycles. The summed E-state index contributed by atoms with van der Waals surface area (Å²) in [7, 11) is 9.27. The molecule has 0 atom stereocenters. The fourth-order valence-corrected chi connectivity index (χ4v) is 3.50. The summed E-state index contributed by atoms with van der Waals surface area (Å²) in [6.07, 6.45) is 7.66. The van der Waals surface area contributed by atoms with Crippen LogP contribution >= 0.6 is 0 Å². The zero-order valence-electron chi connectivity index (χ0n) is 21.8. The number of ether oxygens (including phenoxy) is 1. The normalized spacial score (nSPS) is 10.9. The monoisotopic (exact) mass is 496 g/mol. The maximum Gasteiger partial charge on any atom is 0.189 e. The van der Waals surface area contributed by atoms with Crippen molar-refractivity contribution in [2.24, 2.45) is 0 Å². The zero-order chi connectivity index (χ0) is 26.9. The van der Waals surface area contributed by atoms with Crippen molar-refractivity contribution in [1.29, 1.82) is 0 Å². The summed E-state index contributed by atoms with van der Waals surface area (Å²) < 4.78 is 5.17. The molecule has 0 amide bonds. The SMILES string of the molecule is COc1cc(C=C(C(=O)/C=C/c2ccc(N(C)C)cc2)C(=O)/C=C/c2ccc(N(C)C)cc2)ccc1O. The summed E-state index contributed by atoms with van der Waals surface area (Å²) in [5.41, 5.74) is 4.32. The van der Waals surface area contributed by atoms with Gasteiger partial charge in [-0.05, 0) is 71.3 Å². The molecule has 3 aromatic carbocycles. The summed E-state index contributed by atoms with van der Waals surface area (Å²) in [6.45, 7) is 0. The number of carbonyl (C=O) groups excluding carboxylic acids is 2. The molecule has 37 heavy (non-hydrogen) atoms. The molecule has 0 heterocycles. The molecule has 0 fully saturated rings. The zero-order valence-corrected chi connectivity index (χ0v) is 21.8. The van der Waals surface area contributed by atoms with Crippen molar-refractivity contribution in [3.05, 3.63) is 101 Å². The Hall–Kier alpha value is -4.58. The van der Waals surface area contributed by atoms with Gasteiger partial charge in [-0.25, -0.2) is 0 Å². The van der Waals surface area contributed by atoms with Gasteiger partial charge in [0.05, 0.1) is 12.7 Å². The van der Waals surface area contributed by atoms with Crippen LogP contribution in [0.3, 0.4) is 0 Å². The van der Waals surface area contributed by atoms with E-state index in [0.29, 0.717) is 5.56 Å². The van der Waals surface area contributed by atoms with E-state index in [1.165, 1.54) is 31.4 Å². The first-order chi connectivity index (χ1) is 17.7. The third-order valence-electron chi connectivity index (χ3n) is 5.72. The van der Waals surface area contributed by atoms with Crippen LogP contribution in [0.2, 0.25) is 0 Å². The molecule has 6 heteroatoms. The minimum absolute atomic E-state index is 0.00457. The van der Waals surface area contributed by atoms with Gasteiger partial charge < -0.3 is 19.6 Å². The maximum absolute atomic E-state index is 13.2. The number of phenols is 1. The van der Waals surface area contributed by atoms with Crippen LogP contribution < -0.4 is 14.5 Å². The van der Waals surface area contributed by atoms with Crippen LogP contribution in [-0.4, -0.2) is 52.0 Å². The second-order valence-electron chi connectivity index (χ2n) is 8.86. The van der Waals surface area contributed by atoms with Crippen LogP contribution in [0, 0.1) is 0 Å². The molecule has 0 aliphatic carbocycles. The average molecular weight is 497 g/mol. The van der Waals surface area contributed by atoms with Gasteiger partial charge in [-0.1, -0.05) is 42.5 Å². The Labute approximate surface area is 218 Å².